The van der Waals surface area contributed by atoms with Crippen molar-refractivity contribution >= 4 is 23.3 Å². The molecule has 0 amide bonds. The maximum absolute atomic E-state index is 13.0. The molecule has 2 saturated carbocycles. The number of carbonyl (C=O) groups is 2. The highest BCUT2D eigenvalue weighted by atomic mass is 16.8. The molecule has 2 fully saturated rings. The Balaban J connectivity index is 2.12. The summed E-state index contributed by atoms with van der Waals surface area (Å²) in [6, 6.07) is 6.44. The van der Waals surface area contributed by atoms with Gasteiger partial charge in [0.2, 0.25) is 0 Å². The molecule has 0 spiro atoms. The van der Waals surface area contributed by atoms with Gasteiger partial charge in [-0.3, -0.25) is 9.59 Å². The van der Waals surface area contributed by atoms with E-state index in [1.54, 1.807) is 18.2 Å². The number of hydrogen-bond acceptors (Lipinski definition) is 4. The van der Waals surface area contributed by atoms with Gasteiger partial charge >= 0.3 is 0 Å². The van der Waals surface area contributed by atoms with Crippen LogP contribution in [0.15, 0.2) is 29.8 Å². The van der Waals surface area contributed by atoms with Gasteiger partial charge in [0.25, 0.3) is 0 Å². The number of carbonyl (C=O) groups excluding carboxylic acids is 2. The third kappa shape index (κ3) is 2.11. The monoisotopic (exact) mass is 315 g/mol. The Labute approximate surface area is 135 Å². The third-order valence-electron chi connectivity index (χ3n) is 6.05. The minimum atomic E-state index is -1.07. The van der Waals surface area contributed by atoms with Gasteiger partial charge in [-0.1, -0.05) is 32.9 Å². The van der Waals surface area contributed by atoms with E-state index in [0.29, 0.717) is 18.4 Å². The molecule has 2 bridgehead atoms. The fourth-order valence-electron chi connectivity index (χ4n) is 4.07. The van der Waals surface area contributed by atoms with E-state index in [1.165, 1.54) is 12.1 Å². The minimum absolute atomic E-state index is 0.0999. The lowest BCUT2D eigenvalue weighted by Gasteiger charge is -2.44. The SMILES string of the molecule is CC12CCC(C(=O)C(=Cc3ccccc3[NH+]([O-])O)C1=O)C2(C)C. The van der Waals surface area contributed by atoms with Gasteiger partial charge < -0.3 is 5.21 Å². The molecule has 0 saturated heterocycles. The molecule has 0 radical (unpaired) electrons. The maximum Gasteiger partial charge on any atom is 0.172 e. The predicted octanol–water partition coefficient (Wildman–Crippen LogP) is 2.07. The summed E-state index contributed by atoms with van der Waals surface area (Å²) >= 11 is 0. The summed E-state index contributed by atoms with van der Waals surface area (Å²) in [5.74, 6) is -0.468. The standard InChI is InChI=1S/C18H21NO4/c1-17(2)13-8-9-18(17,3)16(21)12(15(13)20)10-11-6-4-5-7-14(11)19(22)23/h4-7,10,13,19,22H,8-9H2,1-3H3. The quantitative estimate of drug-likeness (QED) is 0.497. The molecule has 2 aliphatic rings. The van der Waals surface area contributed by atoms with Crippen LogP contribution in [0.2, 0.25) is 0 Å². The van der Waals surface area contributed by atoms with Crippen molar-refractivity contribution in [1.29, 1.82) is 0 Å². The number of ketones is 2. The lowest BCUT2D eigenvalue weighted by Crippen LogP contribution is -2.99. The zero-order valence-corrected chi connectivity index (χ0v) is 13.6. The second-order valence-corrected chi connectivity index (χ2v) is 7.29. The molecule has 0 heterocycles. The molecule has 5 nitrogen and oxygen atoms in total. The van der Waals surface area contributed by atoms with Gasteiger partial charge in [0.15, 0.2) is 17.3 Å². The van der Waals surface area contributed by atoms with Gasteiger partial charge in [0, 0.05) is 23.0 Å². The predicted molar refractivity (Wildman–Crippen MR) is 84.8 cm³/mol. The first-order chi connectivity index (χ1) is 10.7. The van der Waals surface area contributed by atoms with Gasteiger partial charge in [0.05, 0.1) is 5.57 Å². The minimum Gasteiger partial charge on any atom is -0.595 e. The van der Waals surface area contributed by atoms with E-state index in [2.05, 4.69) is 0 Å². The van der Waals surface area contributed by atoms with Crippen LogP contribution < -0.4 is 5.23 Å². The number of Topliss-reactive ketones (excluding diaryl/α,β-unsaturated/α-hetero) is 2. The van der Waals surface area contributed by atoms with Gasteiger partial charge in [-0.2, -0.15) is 5.23 Å². The molecule has 1 aromatic rings. The smallest absolute Gasteiger partial charge is 0.172 e. The first-order valence-electron chi connectivity index (χ1n) is 7.83. The summed E-state index contributed by atoms with van der Waals surface area (Å²) in [6.45, 7) is 5.91. The molecule has 122 valence electrons. The fraction of sp³-hybridized carbons (Fsp3) is 0.444. The van der Waals surface area contributed by atoms with Crippen LogP contribution in [0, 0.1) is 22.0 Å². The lowest BCUT2D eigenvalue weighted by molar-refractivity contribution is -0.991. The van der Waals surface area contributed by atoms with E-state index in [1.807, 2.05) is 20.8 Å². The van der Waals surface area contributed by atoms with Crippen molar-refractivity contribution < 1.29 is 20.0 Å². The van der Waals surface area contributed by atoms with Crippen molar-refractivity contribution in [3.63, 3.8) is 0 Å². The topological polar surface area (TPSA) is 81.9 Å². The van der Waals surface area contributed by atoms with Crippen LogP contribution in [0.1, 0.15) is 39.2 Å². The van der Waals surface area contributed by atoms with Crippen LogP contribution in [0.4, 0.5) is 5.69 Å². The summed E-state index contributed by atoms with van der Waals surface area (Å²) in [5.41, 5.74) is -0.259. The molecule has 3 unspecified atom stereocenters. The lowest BCUT2D eigenvalue weighted by atomic mass is 9.57. The van der Waals surface area contributed by atoms with Crippen molar-refractivity contribution in [3.8, 4) is 0 Å². The maximum atomic E-state index is 13.0. The molecular weight excluding hydrogens is 294 g/mol. The number of quaternary nitrogens is 1. The van der Waals surface area contributed by atoms with Crippen LogP contribution in [-0.2, 0) is 9.59 Å². The summed E-state index contributed by atoms with van der Waals surface area (Å²) in [6.07, 6.45) is 2.89. The number of nitrogens with one attached hydrogen (secondary N) is 1. The van der Waals surface area contributed by atoms with Crippen LogP contribution in [0.25, 0.3) is 6.08 Å². The Hall–Kier alpha value is -1.82. The zero-order valence-electron chi connectivity index (χ0n) is 13.6. The number of para-hydroxylation sites is 1. The van der Waals surface area contributed by atoms with Crippen molar-refractivity contribution in [2.45, 2.75) is 33.6 Å². The highest BCUT2D eigenvalue weighted by Gasteiger charge is 2.63. The Morgan fingerprint density at radius 1 is 1.26 bits per heavy atom. The van der Waals surface area contributed by atoms with Crippen LogP contribution in [0.3, 0.4) is 0 Å². The van der Waals surface area contributed by atoms with Crippen molar-refractivity contribution in [2.24, 2.45) is 16.7 Å². The van der Waals surface area contributed by atoms with Gasteiger partial charge in [-0.05, 0) is 30.4 Å². The van der Waals surface area contributed by atoms with Gasteiger partial charge in [-0.25, -0.2) is 5.21 Å². The van der Waals surface area contributed by atoms with Crippen LogP contribution in [-0.4, -0.2) is 16.8 Å². The molecule has 5 heteroatoms. The van der Waals surface area contributed by atoms with Crippen LogP contribution in [0.5, 0.6) is 0 Å². The zero-order chi connectivity index (χ0) is 17.0. The Morgan fingerprint density at radius 2 is 1.91 bits per heavy atom. The van der Waals surface area contributed by atoms with E-state index in [0.717, 1.165) is 0 Å². The first kappa shape index (κ1) is 16.1. The third-order valence-corrected chi connectivity index (χ3v) is 6.05. The molecule has 3 rings (SSSR count). The van der Waals surface area contributed by atoms with Crippen molar-refractivity contribution in [2.75, 3.05) is 0 Å². The summed E-state index contributed by atoms with van der Waals surface area (Å²) < 4.78 is 0. The summed E-state index contributed by atoms with van der Waals surface area (Å²) in [7, 11) is 0. The average molecular weight is 315 g/mol. The van der Waals surface area contributed by atoms with E-state index in [4.69, 9.17) is 0 Å². The van der Waals surface area contributed by atoms with E-state index in [9.17, 15) is 20.0 Å². The Bertz CT molecular complexity index is 719. The summed E-state index contributed by atoms with van der Waals surface area (Å²) in [4.78, 5) is 25.8. The summed E-state index contributed by atoms with van der Waals surface area (Å²) in [5, 5.41) is 19.5. The molecule has 0 aromatic heterocycles. The highest BCUT2D eigenvalue weighted by Crippen LogP contribution is 2.61. The molecule has 0 aliphatic heterocycles. The van der Waals surface area contributed by atoms with Gasteiger partial charge in [-0.15, -0.1) is 0 Å². The second-order valence-electron chi connectivity index (χ2n) is 7.29. The highest BCUT2D eigenvalue weighted by molar-refractivity contribution is 6.28. The average Bonchev–Trinajstić information content (AvgIpc) is 2.69. The van der Waals surface area contributed by atoms with Crippen LogP contribution >= 0.6 is 0 Å². The van der Waals surface area contributed by atoms with E-state index in [-0.39, 0.29) is 34.2 Å². The number of fused-ring (bicyclic) bond motifs is 2. The first-order valence-corrected chi connectivity index (χ1v) is 7.83. The Kier molecular flexibility index (Phi) is 3.55. The molecule has 2 N–H and O–H groups in total. The molecule has 3 atom stereocenters. The van der Waals surface area contributed by atoms with Gasteiger partial charge in [0.1, 0.15) is 0 Å². The molecular formula is C18H21NO4. The van der Waals surface area contributed by atoms with Crippen molar-refractivity contribution in [1.82, 2.24) is 0 Å². The fourth-order valence-corrected chi connectivity index (χ4v) is 4.07. The largest absolute Gasteiger partial charge is 0.595 e. The van der Waals surface area contributed by atoms with E-state index < -0.39 is 10.6 Å². The molecule has 1 aromatic carbocycles. The second kappa shape index (κ2) is 5.09. The molecule has 23 heavy (non-hydrogen) atoms. The van der Waals surface area contributed by atoms with Crippen molar-refractivity contribution in [3.05, 3.63) is 40.6 Å². The number of rotatable bonds is 2. The number of allylic oxidation sites excluding steroid dienone is 1. The molecule has 2 aliphatic carbocycles. The number of benzene rings is 1. The number of hydrogen-bond donors (Lipinski definition) is 2. The normalized spacial score (nSPS) is 32.4. The van der Waals surface area contributed by atoms with E-state index >= 15 is 0 Å². The Morgan fingerprint density at radius 3 is 2.57 bits per heavy atom.